The van der Waals surface area contributed by atoms with Crippen LogP contribution < -0.4 is 9.46 Å². The maximum Gasteiger partial charge on any atom is 0.240 e. The maximum atomic E-state index is 13.3. The van der Waals surface area contributed by atoms with Gasteiger partial charge in [-0.1, -0.05) is 0 Å². The van der Waals surface area contributed by atoms with Crippen molar-refractivity contribution in [3.63, 3.8) is 0 Å². The summed E-state index contributed by atoms with van der Waals surface area (Å²) in [6, 6.07) is 3.18. The number of sulfonamides is 1. The average Bonchev–Trinajstić information content (AvgIpc) is 2.35. The number of methoxy groups -OCH3 is 1. The van der Waals surface area contributed by atoms with Crippen molar-refractivity contribution in [1.29, 1.82) is 0 Å². The van der Waals surface area contributed by atoms with Gasteiger partial charge in [-0.3, -0.25) is 0 Å². The molecule has 1 rings (SSSR count). The Kier molecular flexibility index (Phi) is 5.03. The van der Waals surface area contributed by atoms with E-state index in [9.17, 15) is 12.8 Å². The molecule has 0 spiro atoms. The van der Waals surface area contributed by atoms with Crippen LogP contribution >= 0.6 is 0 Å². The van der Waals surface area contributed by atoms with Gasteiger partial charge in [0.2, 0.25) is 10.0 Å². The van der Waals surface area contributed by atoms with E-state index in [0.717, 1.165) is 6.07 Å². The Morgan fingerprint density at radius 2 is 2.17 bits per heavy atom. The Morgan fingerprint density at radius 3 is 2.67 bits per heavy atom. The summed E-state index contributed by atoms with van der Waals surface area (Å²) in [5.74, 6) is -0.868. The SMILES string of the molecule is COc1ccc(S(=O)(=O)NCC(O)CO)cc1F. The standard InChI is InChI=1S/C10H14FNO5S/c1-17-10-3-2-8(4-9(10)11)18(15,16)12-5-7(14)6-13/h2-4,7,12-14H,5-6H2,1H3. The summed E-state index contributed by atoms with van der Waals surface area (Å²) in [7, 11) is -2.66. The molecule has 0 radical (unpaired) electrons. The molecule has 3 N–H and O–H groups in total. The normalized spacial score (nSPS) is 13.3. The van der Waals surface area contributed by atoms with Gasteiger partial charge in [-0.05, 0) is 18.2 Å². The minimum Gasteiger partial charge on any atom is -0.494 e. The highest BCUT2D eigenvalue weighted by Gasteiger charge is 2.17. The highest BCUT2D eigenvalue weighted by molar-refractivity contribution is 7.89. The number of halogens is 1. The van der Waals surface area contributed by atoms with Crippen molar-refractivity contribution in [2.75, 3.05) is 20.3 Å². The van der Waals surface area contributed by atoms with Crippen LogP contribution in [-0.4, -0.2) is 45.0 Å². The molecule has 0 aliphatic carbocycles. The lowest BCUT2D eigenvalue weighted by atomic mass is 10.3. The van der Waals surface area contributed by atoms with Crippen molar-refractivity contribution in [2.45, 2.75) is 11.0 Å². The van der Waals surface area contributed by atoms with Gasteiger partial charge in [0, 0.05) is 6.54 Å². The van der Waals surface area contributed by atoms with Crippen molar-refractivity contribution < 1.29 is 27.8 Å². The van der Waals surface area contributed by atoms with Crippen LogP contribution in [-0.2, 0) is 10.0 Å². The Morgan fingerprint density at radius 1 is 1.50 bits per heavy atom. The summed E-state index contributed by atoms with van der Waals surface area (Å²) >= 11 is 0. The summed E-state index contributed by atoms with van der Waals surface area (Å²) < 4.78 is 43.4. The van der Waals surface area contributed by atoms with E-state index >= 15 is 0 Å². The zero-order valence-corrected chi connectivity index (χ0v) is 10.4. The number of aliphatic hydroxyl groups is 2. The molecule has 0 aliphatic rings. The molecular formula is C10H14FNO5S. The summed E-state index contributed by atoms with van der Waals surface area (Å²) in [6.45, 7) is -0.925. The maximum absolute atomic E-state index is 13.3. The largest absolute Gasteiger partial charge is 0.494 e. The first-order chi connectivity index (χ1) is 8.40. The van der Waals surface area contributed by atoms with Crippen LogP contribution in [0.3, 0.4) is 0 Å². The summed E-state index contributed by atoms with van der Waals surface area (Å²) in [4.78, 5) is -0.286. The second kappa shape index (κ2) is 6.10. The van der Waals surface area contributed by atoms with Gasteiger partial charge in [-0.15, -0.1) is 0 Å². The molecule has 1 aromatic rings. The number of hydrogen-bond acceptors (Lipinski definition) is 5. The fourth-order valence-corrected chi connectivity index (χ4v) is 2.25. The highest BCUT2D eigenvalue weighted by atomic mass is 32.2. The first kappa shape index (κ1) is 14.8. The molecule has 6 nitrogen and oxygen atoms in total. The predicted octanol–water partition coefficient (Wildman–Crippen LogP) is -0.534. The molecule has 0 amide bonds. The molecule has 18 heavy (non-hydrogen) atoms. The van der Waals surface area contributed by atoms with Crippen LogP contribution in [0.25, 0.3) is 0 Å². The second-order valence-electron chi connectivity index (χ2n) is 3.48. The number of rotatable bonds is 6. The van der Waals surface area contributed by atoms with Gasteiger partial charge in [0.15, 0.2) is 11.6 Å². The van der Waals surface area contributed by atoms with E-state index in [-0.39, 0.29) is 17.2 Å². The van der Waals surface area contributed by atoms with Crippen LogP contribution in [0.1, 0.15) is 0 Å². The van der Waals surface area contributed by atoms with Gasteiger partial charge in [0.25, 0.3) is 0 Å². The number of benzene rings is 1. The summed E-state index contributed by atoms with van der Waals surface area (Å²) in [5.41, 5.74) is 0. The first-order valence-electron chi connectivity index (χ1n) is 5.03. The Hall–Kier alpha value is -1.22. The van der Waals surface area contributed by atoms with Gasteiger partial charge in [0.05, 0.1) is 24.7 Å². The van der Waals surface area contributed by atoms with E-state index in [0.29, 0.717) is 0 Å². The molecule has 8 heteroatoms. The highest BCUT2D eigenvalue weighted by Crippen LogP contribution is 2.20. The van der Waals surface area contributed by atoms with Crippen molar-refractivity contribution >= 4 is 10.0 Å². The van der Waals surface area contributed by atoms with Crippen molar-refractivity contribution in [1.82, 2.24) is 4.72 Å². The minimum absolute atomic E-state index is 0.0654. The smallest absolute Gasteiger partial charge is 0.240 e. The lowest BCUT2D eigenvalue weighted by Gasteiger charge is -2.10. The van der Waals surface area contributed by atoms with E-state index in [1.165, 1.54) is 19.2 Å². The van der Waals surface area contributed by atoms with Gasteiger partial charge in [0.1, 0.15) is 0 Å². The van der Waals surface area contributed by atoms with Crippen LogP contribution in [0.5, 0.6) is 5.75 Å². The molecule has 0 fully saturated rings. The summed E-state index contributed by atoms with van der Waals surface area (Å²) in [6.07, 6.45) is -1.21. The Bertz CT molecular complexity index is 505. The number of hydrogen-bond donors (Lipinski definition) is 3. The van der Waals surface area contributed by atoms with Gasteiger partial charge < -0.3 is 14.9 Å². The average molecular weight is 279 g/mol. The molecule has 1 unspecified atom stereocenters. The molecule has 0 saturated carbocycles. The molecule has 1 aromatic carbocycles. The Balaban J connectivity index is 2.88. The van der Waals surface area contributed by atoms with E-state index in [2.05, 4.69) is 4.74 Å². The van der Waals surface area contributed by atoms with E-state index in [1.54, 1.807) is 0 Å². The van der Waals surface area contributed by atoms with Crippen molar-refractivity contribution in [3.8, 4) is 5.75 Å². The number of nitrogens with one attached hydrogen (secondary N) is 1. The van der Waals surface area contributed by atoms with Gasteiger partial charge >= 0.3 is 0 Å². The molecule has 0 aromatic heterocycles. The number of aliphatic hydroxyl groups excluding tert-OH is 2. The second-order valence-corrected chi connectivity index (χ2v) is 5.25. The van der Waals surface area contributed by atoms with Crippen molar-refractivity contribution in [3.05, 3.63) is 24.0 Å². The zero-order valence-electron chi connectivity index (χ0n) is 9.63. The fraction of sp³-hybridized carbons (Fsp3) is 0.400. The third-order valence-electron chi connectivity index (χ3n) is 2.15. The van der Waals surface area contributed by atoms with E-state index in [4.69, 9.17) is 10.2 Å². The lowest BCUT2D eigenvalue weighted by molar-refractivity contribution is 0.0988. The molecule has 0 heterocycles. The summed E-state index contributed by atoms with van der Waals surface area (Å²) in [5, 5.41) is 17.6. The third-order valence-corrected chi connectivity index (χ3v) is 3.57. The number of ether oxygens (including phenoxy) is 1. The quantitative estimate of drug-likeness (QED) is 0.650. The molecule has 0 aliphatic heterocycles. The minimum atomic E-state index is -3.93. The van der Waals surface area contributed by atoms with Gasteiger partial charge in [-0.25, -0.2) is 17.5 Å². The van der Waals surface area contributed by atoms with E-state index in [1.807, 2.05) is 4.72 Å². The molecule has 1 atom stereocenters. The zero-order chi connectivity index (χ0) is 13.8. The monoisotopic (exact) mass is 279 g/mol. The van der Waals surface area contributed by atoms with Gasteiger partial charge in [-0.2, -0.15) is 0 Å². The predicted molar refractivity (Wildman–Crippen MR) is 61.2 cm³/mol. The molecule has 102 valence electrons. The van der Waals surface area contributed by atoms with Crippen molar-refractivity contribution in [2.24, 2.45) is 0 Å². The molecule has 0 saturated heterocycles. The van der Waals surface area contributed by atoms with E-state index < -0.39 is 28.6 Å². The molecular weight excluding hydrogens is 265 g/mol. The molecule has 0 bridgehead atoms. The third kappa shape index (κ3) is 3.64. The Labute approximate surface area is 104 Å². The van der Waals surface area contributed by atoms with Crippen LogP contribution in [0.4, 0.5) is 4.39 Å². The lowest BCUT2D eigenvalue weighted by Crippen LogP contribution is -2.33. The van der Waals surface area contributed by atoms with Crippen LogP contribution in [0.2, 0.25) is 0 Å². The van der Waals surface area contributed by atoms with Crippen LogP contribution in [0, 0.1) is 5.82 Å². The van der Waals surface area contributed by atoms with Crippen LogP contribution in [0.15, 0.2) is 23.1 Å². The fourth-order valence-electron chi connectivity index (χ4n) is 1.17. The topological polar surface area (TPSA) is 95.9 Å². The first-order valence-corrected chi connectivity index (χ1v) is 6.51.